The molecule has 0 spiro atoms. The van der Waals surface area contributed by atoms with E-state index in [4.69, 9.17) is 9.47 Å². The van der Waals surface area contributed by atoms with Crippen molar-refractivity contribution in [2.45, 2.75) is 13.3 Å². The van der Waals surface area contributed by atoms with Gasteiger partial charge >= 0.3 is 0 Å². The summed E-state index contributed by atoms with van der Waals surface area (Å²) in [5.74, 6) is -0.534. The summed E-state index contributed by atoms with van der Waals surface area (Å²) in [6.07, 6.45) is 2.23. The van der Waals surface area contributed by atoms with Crippen LogP contribution in [0.3, 0.4) is 0 Å². The van der Waals surface area contributed by atoms with Crippen molar-refractivity contribution >= 4 is 17.8 Å². The first-order valence-corrected chi connectivity index (χ1v) is 7.90. The van der Waals surface area contributed by atoms with Crippen molar-refractivity contribution < 1.29 is 24.2 Å². The summed E-state index contributed by atoms with van der Waals surface area (Å²) in [4.78, 5) is 26.2. The van der Waals surface area contributed by atoms with Gasteiger partial charge in [0.15, 0.2) is 17.3 Å². The number of ketones is 1. The molecule has 0 saturated heterocycles. The van der Waals surface area contributed by atoms with Gasteiger partial charge < -0.3 is 24.8 Å². The van der Waals surface area contributed by atoms with Crippen LogP contribution in [-0.2, 0) is 9.59 Å². The van der Waals surface area contributed by atoms with Crippen molar-refractivity contribution in [3.05, 3.63) is 23.3 Å². The summed E-state index contributed by atoms with van der Waals surface area (Å²) < 4.78 is 10.2. The molecule has 0 radical (unpaired) electrons. The number of hydrogen-bond acceptors (Lipinski definition) is 6. The number of aromatic hydroxyl groups is 1. The second-order valence-corrected chi connectivity index (χ2v) is 5.80. The molecule has 0 unspecified atom stereocenters. The number of phenolic OH excluding ortho intramolecular Hbond substituents is 1. The molecule has 0 saturated carbocycles. The Hall–Kier alpha value is -2.54. The minimum absolute atomic E-state index is 0.0275. The monoisotopic (exact) mass is 350 g/mol. The predicted molar refractivity (Wildman–Crippen MR) is 96.0 cm³/mol. The Kier molecular flexibility index (Phi) is 7.94. The molecule has 0 bridgehead atoms. The Morgan fingerprint density at radius 3 is 2.20 bits per heavy atom. The molecule has 0 aliphatic heterocycles. The molecule has 25 heavy (non-hydrogen) atoms. The normalized spacial score (nSPS) is 11.4. The van der Waals surface area contributed by atoms with Crippen LogP contribution < -0.4 is 14.8 Å². The molecule has 0 atom stereocenters. The second-order valence-electron chi connectivity index (χ2n) is 5.80. The van der Waals surface area contributed by atoms with Crippen LogP contribution in [-0.4, -0.2) is 63.1 Å². The van der Waals surface area contributed by atoms with E-state index in [0.717, 1.165) is 13.0 Å². The van der Waals surface area contributed by atoms with Gasteiger partial charge in [-0.15, -0.1) is 0 Å². The van der Waals surface area contributed by atoms with Gasteiger partial charge in [-0.25, -0.2) is 0 Å². The zero-order chi connectivity index (χ0) is 19.0. The van der Waals surface area contributed by atoms with E-state index >= 15 is 0 Å². The topological polar surface area (TPSA) is 88.1 Å². The summed E-state index contributed by atoms with van der Waals surface area (Å²) in [6, 6.07) is 3.06. The van der Waals surface area contributed by atoms with E-state index in [9.17, 15) is 14.7 Å². The van der Waals surface area contributed by atoms with Crippen LogP contribution in [0.2, 0.25) is 0 Å². The van der Waals surface area contributed by atoms with Gasteiger partial charge in [0.2, 0.25) is 5.75 Å². The highest BCUT2D eigenvalue weighted by atomic mass is 16.5. The molecule has 1 rings (SSSR count). The standard InChI is InChI=1S/C18H26N2O5/c1-12(21)14(18(23)19-7-6-8-20(2)3)9-13-10-15(24-4)17(22)16(11-13)25-5/h9-11,22H,6-8H2,1-5H3,(H,19,23)/b14-9+. The van der Waals surface area contributed by atoms with E-state index in [-0.39, 0.29) is 28.6 Å². The summed E-state index contributed by atoms with van der Waals surface area (Å²) in [7, 11) is 6.72. The number of hydrogen-bond donors (Lipinski definition) is 2. The first-order valence-electron chi connectivity index (χ1n) is 7.90. The van der Waals surface area contributed by atoms with Gasteiger partial charge in [0.1, 0.15) is 0 Å². The zero-order valence-corrected chi connectivity index (χ0v) is 15.4. The minimum atomic E-state index is -0.433. The second kappa shape index (κ2) is 9.68. The smallest absolute Gasteiger partial charge is 0.254 e. The maximum atomic E-state index is 12.3. The molecule has 0 aliphatic carbocycles. The number of nitrogens with zero attached hydrogens (tertiary/aromatic N) is 1. The van der Waals surface area contributed by atoms with Crippen molar-refractivity contribution in [2.24, 2.45) is 0 Å². The summed E-state index contributed by atoms with van der Waals surface area (Å²) >= 11 is 0. The maximum Gasteiger partial charge on any atom is 0.254 e. The van der Waals surface area contributed by atoms with E-state index in [0.29, 0.717) is 12.1 Å². The Balaban J connectivity index is 3.02. The minimum Gasteiger partial charge on any atom is -0.502 e. The number of carbonyl (C=O) groups is 2. The van der Waals surface area contributed by atoms with E-state index in [1.54, 1.807) is 0 Å². The van der Waals surface area contributed by atoms with Gasteiger partial charge in [-0.1, -0.05) is 0 Å². The van der Waals surface area contributed by atoms with Crippen molar-refractivity contribution in [1.82, 2.24) is 10.2 Å². The molecule has 138 valence electrons. The van der Waals surface area contributed by atoms with Crippen LogP contribution in [0.4, 0.5) is 0 Å². The third-order valence-electron chi connectivity index (χ3n) is 3.50. The average molecular weight is 350 g/mol. The average Bonchev–Trinajstić information content (AvgIpc) is 2.56. The summed E-state index contributed by atoms with van der Waals surface area (Å²) in [6.45, 7) is 2.65. The first-order chi connectivity index (χ1) is 11.8. The largest absolute Gasteiger partial charge is 0.502 e. The van der Waals surface area contributed by atoms with Crippen LogP contribution in [0.1, 0.15) is 18.9 Å². The zero-order valence-electron chi connectivity index (χ0n) is 15.4. The van der Waals surface area contributed by atoms with Crippen molar-refractivity contribution in [2.75, 3.05) is 41.4 Å². The molecule has 0 aliphatic rings. The number of nitrogens with one attached hydrogen (secondary N) is 1. The molecule has 1 aromatic rings. The quantitative estimate of drug-likeness (QED) is 0.303. The lowest BCUT2D eigenvalue weighted by Gasteiger charge is -2.12. The van der Waals surface area contributed by atoms with Crippen LogP contribution in [0, 0.1) is 0 Å². The number of amides is 1. The highest BCUT2D eigenvalue weighted by Gasteiger charge is 2.16. The lowest BCUT2D eigenvalue weighted by Crippen LogP contribution is -2.30. The molecular formula is C18H26N2O5. The molecule has 0 heterocycles. The number of benzene rings is 1. The van der Waals surface area contributed by atoms with E-state index in [1.807, 2.05) is 19.0 Å². The van der Waals surface area contributed by atoms with Gasteiger partial charge in [0, 0.05) is 6.54 Å². The number of methoxy groups -OCH3 is 2. The fraction of sp³-hybridized carbons (Fsp3) is 0.444. The van der Waals surface area contributed by atoms with Crippen LogP contribution in [0.5, 0.6) is 17.2 Å². The highest BCUT2D eigenvalue weighted by molar-refractivity contribution is 6.21. The number of rotatable bonds is 9. The Labute approximate surface area is 148 Å². The number of ether oxygens (including phenoxy) is 2. The fourth-order valence-electron chi connectivity index (χ4n) is 2.18. The predicted octanol–water partition coefficient (Wildman–Crippen LogP) is 1.45. The van der Waals surface area contributed by atoms with Crippen molar-refractivity contribution in [3.8, 4) is 17.2 Å². The van der Waals surface area contributed by atoms with Gasteiger partial charge in [-0.2, -0.15) is 0 Å². The Morgan fingerprint density at radius 1 is 1.20 bits per heavy atom. The summed E-state index contributed by atoms with van der Waals surface area (Å²) in [5, 5.41) is 12.7. The van der Waals surface area contributed by atoms with Gasteiger partial charge in [0.25, 0.3) is 5.91 Å². The lowest BCUT2D eigenvalue weighted by atomic mass is 10.1. The van der Waals surface area contributed by atoms with E-state index in [2.05, 4.69) is 5.32 Å². The van der Waals surface area contributed by atoms with Gasteiger partial charge in [-0.05, 0) is 57.8 Å². The molecule has 7 nitrogen and oxygen atoms in total. The van der Waals surface area contributed by atoms with Crippen LogP contribution >= 0.6 is 0 Å². The Morgan fingerprint density at radius 2 is 1.76 bits per heavy atom. The number of carbonyl (C=O) groups excluding carboxylic acids is 2. The molecule has 2 N–H and O–H groups in total. The number of Topliss-reactive ketones (excluding diaryl/α,β-unsaturated/α-hetero) is 1. The molecule has 0 aromatic heterocycles. The van der Waals surface area contributed by atoms with Crippen LogP contribution in [0.15, 0.2) is 17.7 Å². The highest BCUT2D eigenvalue weighted by Crippen LogP contribution is 2.37. The van der Waals surface area contributed by atoms with Crippen molar-refractivity contribution in [1.29, 1.82) is 0 Å². The molecule has 7 heteroatoms. The molecule has 1 amide bonds. The summed E-state index contributed by atoms with van der Waals surface area (Å²) in [5.41, 5.74) is 0.541. The number of phenols is 1. The molecule has 0 fully saturated rings. The lowest BCUT2D eigenvalue weighted by molar-refractivity contribution is -0.121. The third kappa shape index (κ3) is 6.11. The molecular weight excluding hydrogens is 324 g/mol. The SMILES string of the molecule is COc1cc(/C=C(\C(C)=O)C(=O)NCCCN(C)C)cc(OC)c1O. The molecule has 1 aromatic carbocycles. The fourth-order valence-corrected chi connectivity index (χ4v) is 2.18. The first kappa shape index (κ1) is 20.5. The third-order valence-corrected chi connectivity index (χ3v) is 3.50. The maximum absolute atomic E-state index is 12.3. The van der Waals surface area contributed by atoms with Gasteiger partial charge in [-0.3, -0.25) is 9.59 Å². The van der Waals surface area contributed by atoms with Gasteiger partial charge in [0.05, 0.1) is 19.8 Å². The van der Waals surface area contributed by atoms with E-state index < -0.39 is 5.91 Å². The Bertz CT molecular complexity index is 628. The van der Waals surface area contributed by atoms with Crippen molar-refractivity contribution in [3.63, 3.8) is 0 Å². The van der Waals surface area contributed by atoms with E-state index in [1.165, 1.54) is 39.4 Å². The van der Waals surface area contributed by atoms with Crippen LogP contribution in [0.25, 0.3) is 6.08 Å².